The minimum Gasteiger partial charge on any atom is -0.495 e. The summed E-state index contributed by atoms with van der Waals surface area (Å²) in [4.78, 5) is 14.8. The Bertz CT molecular complexity index is 742. The van der Waals surface area contributed by atoms with E-state index in [0.29, 0.717) is 6.54 Å². The van der Waals surface area contributed by atoms with Crippen LogP contribution in [0.25, 0.3) is 0 Å². The van der Waals surface area contributed by atoms with E-state index in [0.717, 1.165) is 30.0 Å². The molecule has 1 N–H and O–H groups in total. The fourth-order valence-corrected chi connectivity index (χ4v) is 3.19. The molecule has 0 unspecified atom stereocenters. The van der Waals surface area contributed by atoms with Crippen LogP contribution < -0.4 is 10.1 Å². The van der Waals surface area contributed by atoms with Crippen LogP contribution >= 0.6 is 0 Å². The van der Waals surface area contributed by atoms with Gasteiger partial charge in [0.05, 0.1) is 12.8 Å². The summed E-state index contributed by atoms with van der Waals surface area (Å²) in [5.41, 5.74) is 4.58. The van der Waals surface area contributed by atoms with Crippen LogP contribution in [0.5, 0.6) is 5.75 Å². The molecule has 2 aromatic rings. The van der Waals surface area contributed by atoms with Crippen molar-refractivity contribution < 1.29 is 9.53 Å². The van der Waals surface area contributed by atoms with Crippen LogP contribution in [0.3, 0.4) is 0 Å². The molecule has 1 aliphatic rings. The monoisotopic (exact) mass is 324 g/mol. The highest BCUT2D eigenvalue weighted by Crippen LogP contribution is 2.26. The molecule has 1 aliphatic heterocycles. The molecule has 24 heavy (non-hydrogen) atoms. The molecule has 0 spiro atoms. The van der Waals surface area contributed by atoms with Crippen molar-refractivity contribution in [2.75, 3.05) is 19.0 Å². The lowest BCUT2D eigenvalue weighted by molar-refractivity contribution is -0.132. The quantitative estimate of drug-likeness (QED) is 0.937. The summed E-state index contributed by atoms with van der Waals surface area (Å²) >= 11 is 0. The highest BCUT2D eigenvalue weighted by Gasteiger charge is 2.25. The maximum absolute atomic E-state index is 12.8. The number of methoxy groups -OCH3 is 1. The second-order valence-electron chi connectivity index (χ2n) is 6.35. The largest absolute Gasteiger partial charge is 0.495 e. The maximum atomic E-state index is 12.8. The molecule has 1 atom stereocenters. The Morgan fingerprint density at radius 3 is 2.71 bits per heavy atom. The Morgan fingerprint density at radius 1 is 1.21 bits per heavy atom. The molecule has 1 amide bonds. The number of nitrogens with zero attached hydrogens (tertiary/aromatic N) is 1. The molecule has 0 saturated carbocycles. The van der Waals surface area contributed by atoms with E-state index in [1.165, 1.54) is 11.1 Å². The van der Waals surface area contributed by atoms with Gasteiger partial charge in [-0.05, 0) is 49.1 Å². The van der Waals surface area contributed by atoms with E-state index >= 15 is 0 Å². The Balaban J connectivity index is 1.71. The molecule has 126 valence electrons. The average Bonchev–Trinajstić information content (AvgIpc) is 2.61. The molecule has 0 radical (unpaired) electrons. The van der Waals surface area contributed by atoms with Gasteiger partial charge in [-0.1, -0.05) is 30.3 Å². The Kier molecular flexibility index (Phi) is 4.74. The third-order valence-corrected chi connectivity index (χ3v) is 4.54. The standard InChI is InChI=1S/C20H24N2O2/c1-14-8-9-19(24-3)18(12-14)21-15(2)20(23)22-11-10-16-6-4-5-7-17(16)13-22/h4-9,12,15,21H,10-11,13H2,1-3H3/t15-/m0/s1. The second kappa shape index (κ2) is 6.95. The van der Waals surface area contributed by atoms with Gasteiger partial charge in [-0.2, -0.15) is 0 Å². The number of carbonyl (C=O) groups excluding carboxylic acids is 1. The molecule has 3 rings (SSSR count). The van der Waals surface area contributed by atoms with E-state index < -0.39 is 0 Å². The highest BCUT2D eigenvalue weighted by atomic mass is 16.5. The number of rotatable bonds is 4. The van der Waals surface area contributed by atoms with Crippen LogP contribution in [0.4, 0.5) is 5.69 Å². The third-order valence-electron chi connectivity index (χ3n) is 4.54. The van der Waals surface area contributed by atoms with Crippen molar-refractivity contribution in [1.29, 1.82) is 0 Å². The first kappa shape index (κ1) is 16.4. The van der Waals surface area contributed by atoms with Gasteiger partial charge in [0.25, 0.3) is 0 Å². The minimum absolute atomic E-state index is 0.119. The zero-order valence-corrected chi connectivity index (χ0v) is 14.5. The van der Waals surface area contributed by atoms with Crippen LogP contribution in [-0.2, 0) is 17.8 Å². The van der Waals surface area contributed by atoms with Gasteiger partial charge in [-0.15, -0.1) is 0 Å². The highest BCUT2D eigenvalue weighted by molar-refractivity contribution is 5.85. The molecule has 0 fully saturated rings. The number of ether oxygens (including phenoxy) is 1. The van der Waals surface area contributed by atoms with Gasteiger partial charge in [0.1, 0.15) is 11.8 Å². The molecular weight excluding hydrogens is 300 g/mol. The van der Waals surface area contributed by atoms with Crippen LogP contribution in [0.2, 0.25) is 0 Å². The fraction of sp³-hybridized carbons (Fsp3) is 0.350. The lowest BCUT2D eigenvalue weighted by atomic mass is 9.99. The number of aryl methyl sites for hydroxylation is 1. The van der Waals surface area contributed by atoms with Crippen LogP contribution in [-0.4, -0.2) is 30.5 Å². The minimum atomic E-state index is -0.300. The molecule has 1 heterocycles. The Hall–Kier alpha value is -2.49. The lowest BCUT2D eigenvalue weighted by Crippen LogP contribution is -2.43. The van der Waals surface area contributed by atoms with E-state index in [-0.39, 0.29) is 11.9 Å². The van der Waals surface area contributed by atoms with Gasteiger partial charge < -0.3 is 15.0 Å². The molecule has 0 bridgehead atoms. The topological polar surface area (TPSA) is 41.6 Å². The van der Waals surface area contributed by atoms with Crippen molar-refractivity contribution in [2.45, 2.75) is 32.9 Å². The number of nitrogens with one attached hydrogen (secondary N) is 1. The van der Waals surface area contributed by atoms with E-state index in [4.69, 9.17) is 4.74 Å². The summed E-state index contributed by atoms with van der Waals surface area (Å²) in [5, 5.41) is 3.31. The number of carbonyl (C=O) groups is 1. The smallest absolute Gasteiger partial charge is 0.245 e. The second-order valence-corrected chi connectivity index (χ2v) is 6.35. The molecule has 0 aliphatic carbocycles. The Morgan fingerprint density at radius 2 is 1.96 bits per heavy atom. The zero-order valence-electron chi connectivity index (χ0n) is 14.5. The first-order valence-corrected chi connectivity index (χ1v) is 8.35. The Labute approximate surface area is 143 Å². The summed E-state index contributed by atoms with van der Waals surface area (Å²) in [6.45, 7) is 5.39. The lowest BCUT2D eigenvalue weighted by Gasteiger charge is -2.31. The van der Waals surface area contributed by atoms with Crippen molar-refractivity contribution in [2.24, 2.45) is 0 Å². The van der Waals surface area contributed by atoms with Crippen LogP contribution in [0.15, 0.2) is 42.5 Å². The summed E-state index contributed by atoms with van der Waals surface area (Å²) in [6, 6.07) is 14.0. The molecule has 0 saturated heterocycles. The number of amides is 1. The number of hydrogen-bond donors (Lipinski definition) is 1. The van der Waals surface area contributed by atoms with Crippen molar-refractivity contribution >= 4 is 11.6 Å². The molecule has 0 aromatic heterocycles. The number of hydrogen-bond acceptors (Lipinski definition) is 3. The SMILES string of the molecule is COc1ccc(C)cc1N[C@@H](C)C(=O)N1CCc2ccccc2C1. The fourth-order valence-electron chi connectivity index (χ4n) is 3.19. The van der Waals surface area contributed by atoms with E-state index in [1.807, 2.05) is 43.0 Å². The van der Waals surface area contributed by atoms with Gasteiger partial charge in [0.15, 0.2) is 0 Å². The molecular formula is C20H24N2O2. The normalized spacial score (nSPS) is 14.7. The van der Waals surface area contributed by atoms with Gasteiger partial charge in [0.2, 0.25) is 5.91 Å². The van der Waals surface area contributed by atoms with Gasteiger partial charge >= 0.3 is 0 Å². The van der Waals surface area contributed by atoms with E-state index in [2.05, 4.69) is 23.5 Å². The van der Waals surface area contributed by atoms with Crippen LogP contribution in [0, 0.1) is 6.92 Å². The first-order chi connectivity index (χ1) is 11.6. The van der Waals surface area contributed by atoms with Crippen molar-refractivity contribution in [3.8, 4) is 5.75 Å². The molecule has 2 aromatic carbocycles. The predicted octanol–water partition coefficient (Wildman–Crippen LogP) is 3.39. The first-order valence-electron chi connectivity index (χ1n) is 8.35. The van der Waals surface area contributed by atoms with Crippen molar-refractivity contribution in [3.05, 3.63) is 59.2 Å². The number of fused-ring (bicyclic) bond motifs is 1. The number of benzene rings is 2. The molecule has 4 heteroatoms. The maximum Gasteiger partial charge on any atom is 0.245 e. The third kappa shape index (κ3) is 3.37. The predicted molar refractivity (Wildman–Crippen MR) is 96.4 cm³/mol. The number of anilines is 1. The van der Waals surface area contributed by atoms with E-state index in [1.54, 1.807) is 7.11 Å². The van der Waals surface area contributed by atoms with E-state index in [9.17, 15) is 4.79 Å². The van der Waals surface area contributed by atoms with Gasteiger partial charge in [0, 0.05) is 13.1 Å². The summed E-state index contributed by atoms with van der Waals surface area (Å²) in [6.07, 6.45) is 0.919. The summed E-state index contributed by atoms with van der Waals surface area (Å²) in [5.74, 6) is 0.873. The summed E-state index contributed by atoms with van der Waals surface area (Å²) in [7, 11) is 1.64. The van der Waals surface area contributed by atoms with Crippen molar-refractivity contribution in [3.63, 3.8) is 0 Å². The van der Waals surface area contributed by atoms with Gasteiger partial charge in [-0.25, -0.2) is 0 Å². The van der Waals surface area contributed by atoms with Crippen LogP contribution in [0.1, 0.15) is 23.6 Å². The zero-order chi connectivity index (χ0) is 17.1. The summed E-state index contributed by atoms with van der Waals surface area (Å²) < 4.78 is 5.39. The van der Waals surface area contributed by atoms with Crippen molar-refractivity contribution in [1.82, 2.24) is 4.90 Å². The van der Waals surface area contributed by atoms with Gasteiger partial charge in [-0.3, -0.25) is 4.79 Å². The molecule has 4 nitrogen and oxygen atoms in total. The average molecular weight is 324 g/mol.